The molecule has 0 aromatic heterocycles. The van der Waals surface area contributed by atoms with Gasteiger partial charge in [0.2, 0.25) is 10.0 Å². The van der Waals surface area contributed by atoms with Crippen molar-refractivity contribution < 1.29 is 8.42 Å². The minimum absolute atomic E-state index is 0.230. The standard InChI is InChI=1S/C13H20N2O2S/c1-13(8-4-5-9-13)15-18(16,17)12-7-3-2-6-11(12)10-14/h2-3,6-7,15H,4-5,8-10,14H2,1H3. The van der Waals surface area contributed by atoms with Gasteiger partial charge in [0.25, 0.3) is 0 Å². The minimum atomic E-state index is -3.47. The molecule has 100 valence electrons. The molecule has 1 aromatic carbocycles. The lowest BCUT2D eigenvalue weighted by Gasteiger charge is -2.25. The maximum atomic E-state index is 12.4. The van der Waals surface area contributed by atoms with Gasteiger partial charge in [0, 0.05) is 12.1 Å². The molecule has 0 atom stereocenters. The van der Waals surface area contributed by atoms with E-state index < -0.39 is 10.0 Å². The molecule has 2 rings (SSSR count). The monoisotopic (exact) mass is 268 g/mol. The zero-order chi connectivity index (χ0) is 13.2. The third kappa shape index (κ3) is 2.74. The molecule has 1 aliphatic rings. The summed E-state index contributed by atoms with van der Waals surface area (Å²) >= 11 is 0. The Hall–Kier alpha value is -0.910. The molecule has 0 bridgehead atoms. The fourth-order valence-electron chi connectivity index (χ4n) is 2.57. The van der Waals surface area contributed by atoms with Crippen LogP contribution in [0.25, 0.3) is 0 Å². The Morgan fingerprint density at radius 2 is 1.89 bits per heavy atom. The van der Waals surface area contributed by atoms with Crippen molar-refractivity contribution in [3.63, 3.8) is 0 Å². The molecule has 18 heavy (non-hydrogen) atoms. The van der Waals surface area contributed by atoms with E-state index in [2.05, 4.69) is 4.72 Å². The maximum Gasteiger partial charge on any atom is 0.241 e. The van der Waals surface area contributed by atoms with E-state index in [0.29, 0.717) is 10.5 Å². The molecule has 3 N–H and O–H groups in total. The third-order valence-corrected chi connectivity index (χ3v) is 5.31. The molecule has 0 spiro atoms. The van der Waals surface area contributed by atoms with Gasteiger partial charge in [0.1, 0.15) is 0 Å². The zero-order valence-electron chi connectivity index (χ0n) is 10.6. The van der Waals surface area contributed by atoms with Crippen LogP contribution in [-0.4, -0.2) is 14.0 Å². The highest BCUT2D eigenvalue weighted by molar-refractivity contribution is 7.89. The Morgan fingerprint density at radius 1 is 1.28 bits per heavy atom. The average Bonchev–Trinajstić information content (AvgIpc) is 2.74. The lowest BCUT2D eigenvalue weighted by Crippen LogP contribution is -2.43. The van der Waals surface area contributed by atoms with Crippen LogP contribution < -0.4 is 10.5 Å². The van der Waals surface area contributed by atoms with E-state index in [1.807, 2.05) is 6.92 Å². The summed E-state index contributed by atoms with van der Waals surface area (Å²) in [5.74, 6) is 0. The average molecular weight is 268 g/mol. The van der Waals surface area contributed by atoms with E-state index >= 15 is 0 Å². The van der Waals surface area contributed by atoms with Crippen molar-refractivity contribution in [2.24, 2.45) is 5.73 Å². The summed E-state index contributed by atoms with van der Waals surface area (Å²) in [6.45, 7) is 2.20. The van der Waals surface area contributed by atoms with Gasteiger partial charge in [0.05, 0.1) is 4.90 Å². The number of nitrogens with two attached hydrogens (primary N) is 1. The van der Waals surface area contributed by atoms with Crippen LogP contribution in [-0.2, 0) is 16.6 Å². The van der Waals surface area contributed by atoms with Crippen LogP contribution in [0.1, 0.15) is 38.2 Å². The first-order valence-electron chi connectivity index (χ1n) is 6.29. The van der Waals surface area contributed by atoms with Crippen molar-refractivity contribution in [2.75, 3.05) is 0 Å². The predicted molar refractivity (Wildman–Crippen MR) is 71.5 cm³/mol. The second-order valence-electron chi connectivity index (χ2n) is 5.19. The molecule has 5 heteroatoms. The molecule has 1 fully saturated rings. The number of rotatable bonds is 4. The summed E-state index contributed by atoms with van der Waals surface area (Å²) < 4.78 is 27.7. The summed E-state index contributed by atoms with van der Waals surface area (Å²) in [5, 5.41) is 0. The van der Waals surface area contributed by atoms with Crippen LogP contribution in [0.15, 0.2) is 29.2 Å². The van der Waals surface area contributed by atoms with Crippen LogP contribution in [0.3, 0.4) is 0 Å². The van der Waals surface area contributed by atoms with Gasteiger partial charge in [-0.2, -0.15) is 0 Å². The van der Waals surface area contributed by atoms with Gasteiger partial charge in [-0.15, -0.1) is 0 Å². The Bertz CT molecular complexity index is 520. The van der Waals surface area contributed by atoms with Crippen LogP contribution >= 0.6 is 0 Å². The van der Waals surface area contributed by atoms with E-state index in [1.165, 1.54) is 0 Å². The Kier molecular flexibility index (Phi) is 3.75. The van der Waals surface area contributed by atoms with Gasteiger partial charge in [-0.05, 0) is 31.4 Å². The lowest BCUT2D eigenvalue weighted by atomic mass is 10.0. The van der Waals surface area contributed by atoms with Crippen molar-refractivity contribution >= 4 is 10.0 Å². The fraction of sp³-hybridized carbons (Fsp3) is 0.538. The van der Waals surface area contributed by atoms with E-state index in [4.69, 9.17) is 5.73 Å². The zero-order valence-corrected chi connectivity index (χ0v) is 11.5. The normalized spacial score (nSPS) is 19.0. The largest absolute Gasteiger partial charge is 0.326 e. The van der Waals surface area contributed by atoms with Crippen molar-refractivity contribution in [2.45, 2.75) is 49.6 Å². The van der Waals surface area contributed by atoms with E-state index in [-0.39, 0.29) is 12.1 Å². The van der Waals surface area contributed by atoms with Crippen molar-refractivity contribution in [1.82, 2.24) is 4.72 Å². The molecule has 0 heterocycles. The molecule has 0 radical (unpaired) electrons. The molecule has 1 saturated carbocycles. The van der Waals surface area contributed by atoms with Gasteiger partial charge < -0.3 is 5.73 Å². The van der Waals surface area contributed by atoms with Gasteiger partial charge in [0.15, 0.2) is 0 Å². The van der Waals surface area contributed by atoms with Gasteiger partial charge in [-0.3, -0.25) is 0 Å². The molecule has 0 aliphatic heterocycles. The van der Waals surface area contributed by atoms with Gasteiger partial charge >= 0.3 is 0 Å². The van der Waals surface area contributed by atoms with E-state index in [0.717, 1.165) is 25.7 Å². The number of hydrogen-bond donors (Lipinski definition) is 2. The van der Waals surface area contributed by atoms with E-state index in [1.54, 1.807) is 24.3 Å². The smallest absolute Gasteiger partial charge is 0.241 e. The van der Waals surface area contributed by atoms with Crippen LogP contribution in [0.5, 0.6) is 0 Å². The molecule has 1 aliphatic carbocycles. The quantitative estimate of drug-likeness (QED) is 0.874. The van der Waals surface area contributed by atoms with Gasteiger partial charge in [-0.25, -0.2) is 13.1 Å². The Labute approximate surface area is 109 Å². The Balaban J connectivity index is 2.30. The highest BCUT2D eigenvalue weighted by Crippen LogP contribution is 2.31. The summed E-state index contributed by atoms with van der Waals surface area (Å²) in [4.78, 5) is 0.306. The number of sulfonamides is 1. The van der Waals surface area contributed by atoms with E-state index in [9.17, 15) is 8.42 Å². The van der Waals surface area contributed by atoms with Crippen molar-refractivity contribution in [3.8, 4) is 0 Å². The number of hydrogen-bond acceptors (Lipinski definition) is 3. The molecule has 1 aromatic rings. The third-order valence-electron chi connectivity index (χ3n) is 3.57. The minimum Gasteiger partial charge on any atom is -0.326 e. The summed E-state index contributed by atoms with van der Waals surface area (Å²) in [6, 6.07) is 6.90. The van der Waals surface area contributed by atoms with Crippen LogP contribution in [0.2, 0.25) is 0 Å². The molecular formula is C13H20N2O2S. The summed E-state index contributed by atoms with van der Waals surface area (Å²) in [5.41, 5.74) is 5.95. The first-order valence-corrected chi connectivity index (χ1v) is 7.77. The maximum absolute atomic E-state index is 12.4. The predicted octanol–water partition coefficient (Wildman–Crippen LogP) is 1.76. The first-order chi connectivity index (χ1) is 8.47. The topological polar surface area (TPSA) is 72.2 Å². The molecule has 0 saturated heterocycles. The second-order valence-corrected chi connectivity index (χ2v) is 6.84. The fourth-order valence-corrected chi connectivity index (χ4v) is 4.29. The molecule has 4 nitrogen and oxygen atoms in total. The summed E-state index contributed by atoms with van der Waals surface area (Å²) in [7, 11) is -3.47. The molecular weight excluding hydrogens is 248 g/mol. The SMILES string of the molecule is CC1(NS(=O)(=O)c2ccccc2CN)CCCC1. The van der Waals surface area contributed by atoms with Crippen molar-refractivity contribution in [1.29, 1.82) is 0 Å². The molecule has 0 amide bonds. The number of nitrogens with one attached hydrogen (secondary N) is 1. The lowest BCUT2D eigenvalue weighted by molar-refractivity contribution is 0.427. The second kappa shape index (κ2) is 4.99. The molecule has 0 unspecified atom stereocenters. The first kappa shape index (κ1) is 13.5. The summed E-state index contributed by atoms with van der Waals surface area (Å²) in [6.07, 6.45) is 3.96. The van der Waals surface area contributed by atoms with Crippen molar-refractivity contribution in [3.05, 3.63) is 29.8 Å². The highest BCUT2D eigenvalue weighted by atomic mass is 32.2. The Morgan fingerprint density at radius 3 is 2.50 bits per heavy atom. The van der Waals surface area contributed by atoms with Crippen LogP contribution in [0.4, 0.5) is 0 Å². The highest BCUT2D eigenvalue weighted by Gasteiger charge is 2.34. The van der Waals surface area contributed by atoms with Crippen LogP contribution in [0, 0.1) is 0 Å². The van der Waals surface area contributed by atoms with Gasteiger partial charge in [-0.1, -0.05) is 31.0 Å². The number of benzene rings is 1.